The van der Waals surface area contributed by atoms with Gasteiger partial charge >= 0.3 is 0 Å². The van der Waals surface area contributed by atoms with Crippen LogP contribution in [0, 0.1) is 11.6 Å². The van der Waals surface area contributed by atoms with Crippen LogP contribution >= 0.6 is 0 Å². The van der Waals surface area contributed by atoms with Crippen molar-refractivity contribution in [3.8, 4) is 5.75 Å². The lowest BCUT2D eigenvalue weighted by molar-refractivity contribution is 0.115. The average Bonchev–Trinajstić information content (AvgIpc) is 2.71. The van der Waals surface area contributed by atoms with Crippen LogP contribution in [0.3, 0.4) is 0 Å². The molecule has 0 aliphatic carbocycles. The van der Waals surface area contributed by atoms with Crippen LogP contribution in [-0.2, 0) is 18.6 Å². The van der Waals surface area contributed by atoms with Gasteiger partial charge in [0.25, 0.3) is 5.56 Å². The first kappa shape index (κ1) is 18.3. The Kier molecular flexibility index (Phi) is 4.47. The maximum absolute atomic E-state index is 13.5. The average molecular weight is 384 g/mol. The van der Waals surface area contributed by atoms with Gasteiger partial charge in [-0.3, -0.25) is 9.36 Å². The third-order valence-electron chi connectivity index (χ3n) is 5.12. The fraction of sp³-hybridized carbons (Fsp3) is 0.238. The minimum Gasteiger partial charge on any atom is -0.502 e. The molecule has 0 atom stereocenters. The maximum Gasteiger partial charge on any atom is 0.296 e. The van der Waals surface area contributed by atoms with Crippen molar-refractivity contribution >= 4 is 0 Å². The summed E-state index contributed by atoms with van der Waals surface area (Å²) in [6.07, 6.45) is 2.17. The van der Waals surface area contributed by atoms with Crippen molar-refractivity contribution in [3.63, 3.8) is 0 Å². The summed E-state index contributed by atoms with van der Waals surface area (Å²) in [5.41, 5.74) is -2.55. The van der Waals surface area contributed by atoms with Crippen molar-refractivity contribution in [1.29, 1.82) is 0 Å². The molecule has 2 heterocycles. The quantitative estimate of drug-likeness (QED) is 0.728. The van der Waals surface area contributed by atoms with Crippen LogP contribution < -0.4 is 5.56 Å². The first-order valence-electron chi connectivity index (χ1n) is 8.99. The Hall–Kier alpha value is -3.06. The highest BCUT2D eigenvalue weighted by Crippen LogP contribution is 2.39. The second kappa shape index (κ2) is 6.83. The molecule has 0 amide bonds. The number of nitrogens with zero attached hydrogens (tertiary/aromatic N) is 2. The van der Waals surface area contributed by atoms with Crippen LogP contribution in [0.4, 0.5) is 8.78 Å². The molecule has 0 bridgehead atoms. The molecule has 1 aliphatic rings. The Morgan fingerprint density at radius 2 is 1.46 bits per heavy atom. The normalized spacial score (nSPS) is 14.0. The highest BCUT2D eigenvalue weighted by Gasteiger charge is 2.40. The molecule has 2 aromatic carbocycles. The van der Waals surface area contributed by atoms with Crippen LogP contribution in [-0.4, -0.2) is 19.8 Å². The van der Waals surface area contributed by atoms with E-state index < -0.39 is 28.5 Å². The number of aromatic nitrogens is 2. The standard InChI is InChI=1S/C21H18F2N2O3/c22-15-8-4-13(5-9-15)21(28,14-6-10-16(23)11-7-14)19-18(26)20(27)25-12-2-1-3-17(25)24-19/h4-11,26,28H,1-3,12H2. The lowest BCUT2D eigenvalue weighted by Crippen LogP contribution is -2.36. The topological polar surface area (TPSA) is 75.3 Å². The van der Waals surface area contributed by atoms with Crippen LogP contribution in [0.25, 0.3) is 0 Å². The van der Waals surface area contributed by atoms with Crippen LogP contribution in [0.5, 0.6) is 5.75 Å². The minimum absolute atomic E-state index is 0.198. The molecule has 7 heteroatoms. The number of hydrogen-bond donors (Lipinski definition) is 2. The van der Waals surface area contributed by atoms with Crippen LogP contribution in [0.1, 0.15) is 35.5 Å². The summed E-state index contributed by atoms with van der Waals surface area (Å²) < 4.78 is 28.3. The van der Waals surface area contributed by atoms with Gasteiger partial charge in [-0.25, -0.2) is 13.8 Å². The number of hydrogen-bond acceptors (Lipinski definition) is 4. The lowest BCUT2D eigenvalue weighted by Gasteiger charge is -2.31. The van der Waals surface area contributed by atoms with E-state index in [4.69, 9.17) is 0 Å². The first-order valence-corrected chi connectivity index (χ1v) is 8.99. The summed E-state index contributed by atoms with van der Waals surface area (Å²) in [4.78, 5) is 17.1. The molecule has 5 nitrogen and oxygen atoms in total. The van der Waals surface area contributed by atoms with Crippen molar-refractivity contribution in [2.75, 3.05) is 0 Å². The molecular formula is C21H18F2N2O3. The van der Waals surface area contributed by atoms with Crippen molar-refractivity contribution < 1.29 is 19.0 Å². The molecule has 2 N–H and O–H groups in total. The zero-order valence-electron chi connectivity index (χ0n) is 14.9. The fourth-order valence-corrected chi connectivity index (χ4v) is 3.64. The maximum atomic E-state index is 13.5. The van der Waals surface area contributed by atoms with E-state index in [9.17, 15) is 23.8 Å². The van der Waals surface area contributed by atoms with E-state index in [0.717, 1.165) is 37.1 Å². The highest BCUT2D eigenvalue weighted by atomic mass is 19.1. The smallest absolute Gasteiger partial charge is 0.296 e. The second-order valence-electron chi connectivity index (χ2n) is 6.86. The Labute approximate surface area is 159 Å². The van der Waals surface area contributed by atoms with Gasteiger partial charge in [-0.1, -0.05) is 24.3 Å². The number of aryl methyl sites for hydroxylation is 1. The molecule has 4 rings (SSSR count). The summed E-state index contributed by atoms with van der Waals surface area (Å²) in [5.74, 6) is -1.23. The zero-order chi connectivity index (χ0) is 19.9. The van der Waals surface area contributed by atoms with Gasteiger partial charge in [-0.15, -0.1) is 0 Å². The van der Waals surface area contributed by atoms with E-state index in [-0.39, 0.29) is 16.8 Å². The van der Waals surface area contributed by atoms with Crippen molar-refractivity contribution in [1.82, 2.24) is 9.55 Å². The molecule has 0 fully saturated rings. The van der Waals surface area contributed by atoms with E-state index in [2.05, 4.69) is 4.98 Å². The number of rotatable bonds is 3. The van der Waals surface area contributed by atoms with Crippen molar-refractivity contribution in [3.05, 3.63) is 93.2 Å². The van der Waals surface area contributed by atoms with Crippen molar-refractivity contribution in [2.24, 2.45) is 0 Å². The molecule has 144 valence electrons. The molecule has 0 radical (unpaired) electrons. The minimum atomic E-state index is -2.06. The number of aliphatic hydroxyl groups is 1. The van der Waals surface area contributed by atoms with Gasteiger partial charge in [0.1, 0.15) is 23.2 Å². The molecule has 3 aromatic rings. The summed E-state index contributed by atoms with van der Waals surface area (Å²) in [6, 6.07) is 10.0. The molecule has 0 saturated carbocycles. The third kappa shape index (κ3) is 2.88. The molecule has 28 heavy (non-hydrogen) atoms. The van der Waals surface area contributed by atoms with Gasteiger partial charge < -0.3 is 10.2 Å². The van der Waals surface area contributed by atoms with E-state index in [0.29, 0.717) is 18.8 Å². The molecular weight excluding hydrogens is 366 g/mol. The van der Waals surface area contributed by atoms with E-state index in [1.807, 2.05) is 0 Å². The predicted octanol–water partition coefficient (Wildman–Crippen LogP) is 2.85. The largest absolute Gasteiger partial charge is 0.502 e. The monoisotopic (exact) mass is 384 g/mol. The molecule has 0 spiro atoms. The fourth-order valence-electron chi connectivity index (χ4n) is 3.64. The molecule has 0 unspecified atom stereocenters. The van der Waals surface area contributed by atoms with Gasteiger partial charge in [0.2, 0.25) is 5.75 Å². The van der Waals surface area contributed by atoms with Gasteiger partial charge in [-0.05, 0) is 48.2 Å². The van der Waals surface area contributed by atoms with Crippen molar-refractivity contribution in [2.45, 2.75) is 31.4 Å². The number of halogens is 2. The predicted molar refractivity (Wildman–Crippen MR) is 98.0 cm³/mol. The van der Waals surface area contributed by atoms with E-state index in [1.165, 1.54) is 28.8 Å². The summed E-state index contributed by atoms with van der Waals surface area (Å²) in [7, 11) is 0. The molecule has 1 aliphatic heterocycles. The van der Waals surface area contributed by atoms with Gasteiger partial charge in [0.05, 0.1) is 0 Å². The SMILES string of the molecule is O=c1c(O)c(C(O)(c2ccc(F)cc2)c2ccc(F)cc2)nc2n1CCCC2. The Morgan fingerprint density at radius 1 is 0.929 bits per heavy atom. The zero-order valence-corrected chi connectivity index (χ0v) is 14.9. The third-order valence-corrected chi connectivity index (χ3v) is 5.12. The van der Waals surface area contributed by atoms with Gasteiger partial charge in [0.15, 0.2) is 5.60 Å². The van der Waals surface area contributed by atoms with E-state index >= 15 is 0 Å². The summed E-state index contributed by atoms with van der Waals surface area (Å²) in [5, 5.41) is 22.3. The first-order chi connectivity index (χ1) is 13.4. The lowest BCUT2D eigenvalue weighted by atomic mass is 9.82. The number of aromatic hydroxyl groups is 1. The molecule has 1 aromatic heterocycles. The Balaban J connectivity index is 2.01. The number of fused-ring (bicyclic) bond motifs is 1. The van der Waals surface area contributed by atoms with Gasteiger partial charge in [0, 0.05) is 13.0 Å². The highest BCUT2D eigenvalue weighted by molar-refractivity contribution is 5.48. The molecule has 0 saturated heterocycles. The second-order valence-corrected chi connectivity index (χ2v) is 6.86. The van der Waals surface area contributed by atoms with Crippen LogP contribution in [0.2, 0.25) is 0 Å². The van der Waals surface area contributed by atoms with E-state index in [1.54, 1.807) is 0 Å². The Morgan fingerprint density at radius 3 is 2.00 bits per heavy atom. The Bertz CT molecular complexity index is 1030. The summed E-state index contributed by atoms with van der Waals surface area (Å²) in [6.45, 7) is 0.445. The number of benzene rings is 2. The van der Waals surface area contributed by atoms with Crippen LogP contribution in [0.15, 0.2) is 53.3 Å². The van der Waals surface area contributed by atoms with Gasteiger partial charge in [-0.2, -0.15) is 0 Å². The summed E-state index contributed by atoms with van der Waals surface area (Å²) >= 11 is 0.